The zero-order chi connectivity index (χ0) is 15.4. The molecule has 1 aromatic heterocycles. The number of nitrogens with one attached hydrogen (secondary N) is 2. The van der Waals surface area contributed by atoms with Crippen molar-refractivity contribution in [2.75, 3.05) is 20.1 Å². The monoisotopic (exact) mass is 372 g/mol. The highest BCUT2D eigenvalue weighted by Gasteiger charge is 2.31. The molecule has 2 heterocycles. The second kappa shape index (κ2) is 7.61. The largest absolute Gasteiger partial charge is 0.352 e. The summed E-state index contributed by atoms with van der Waals surface area (Å²) in [6, 6.07) is 3.22. The Bertz CT molecular complexity index is 486. The third kappa shape index (κ3) is 4.69. The van der Waals surface area contributed by atoms with Gasteiger partial charge in [0.2, 0.25) is 0 Å². The molecule has 118 valence electrons. The molecule has 4 nitrogen and oxygen atoms in total. The number of aliphatic imine (C=N–C) groups is 1. The minimum absolute atomic E-state index is 0.466. The van der Waals surface area contributed by atoms with Crippen molar-refractivity contribution in [3.05, 3.63) is 20.8 Å². The average molecular weight is 373 g/mol. The molecule has 0 radical (unpaired) electrons. The van der Waals surface area contributed by atoms with E-state index in [1.54, 1.807) is 11.3 Å². The topological polar surface area (TPSA) is 39.7 Å². The van der Waals surface area contributed by atoms with Gasteiger partial charge in [-0.15, -0.1) is 11.3 Å². The Labute approximate surface area is 140 Å². The molecular weight excluding hydrogens is 348 g/mol. The third-order valence-electron chi connectivity index (χ3n) is 4.00. The minimum Gasteiger partial charge on any atom is -0.352 e. The van der Waals surface area contributed by atoms with Crippen molar-refractivity contribution in [3.8, 4) is 0 Å². The Hall–Kier alpha value is -0.590. The van der Waals surface area contributed by atoms with Crippen LogP contribution >= 0.6 is 27.3 Å². The predicted octanol–water partition coefficient (Wildman–Crippen LogP) is 2.90. The van der Waals surface area contributed by atoms with Crippen LogP contribution in [0.3, 0.4) is 0 Å². The second-order valence-corrected chi connectivity index (χ2v) is 8.25. The highest BCUT2D eigenvalue weighted by molar-refractivity contribution is 9.11. The van der Waals surface area contributed by atoms with Gasteiger partial charge in [0.05, 0.1) is 3.79 Å². The maximum atomic E-state index is 4.35. The van der Waals surface area contributed by atoms with Crippen LogP contribution in [0.5, 0.6) is 0 Å². The molecule has 0 spiro atoms. The van der Waals surface area contributed by atoms with Crippen molar-refractivity contribution in [3.63, 3.8) is 0 Å². The van der Waals surface area contributed by atoms with Crippen molar-refractivity contribution in [1.82, 2.24) is 15.5 Å². The van der Waals surface area contributed by atoms with Crippen LogP contribution in [0.4, 0.5) is 0 Å². The maximum Gasteiger partial charge on any atom is 0.191 e. The first kappa shape index (κ1) is 16.8. The number of thiophene rings is 1. The van der Waals surface area contributed by atoms with E-state index >= 15 is 0 Å². The molecule has 21 heavy (non-hydrogen) atoms. The molecule has 2 rings (SSSR count). The molecule has 0 bridgehead atoms. The molecule has 1 aromatic rings. The Morgan fingerprint density at radius 2 is 2.29 bits per heavy atom. The fourth-order valence-electron chi connectivity index (χ4n) is 2.61. The average Bonchev–Trinajstić information content (AvgIpc) is 3.01. The van der Waals surface area contributed by atoms with Gasteiger partial charge in [-0.3, -0.25) is 9.89 Å². The van der Waals surface area contributed by atoms with Gasteiger partial charge in [-0.25, -0.2) is 0 Å². The van der Waals surface area contributed by atoms with E-state index in [0.29, 0.717) is 18.0 Å². The summed E-state index contributed by atoms with van der Waals surface area (Å²) < 4.78 is 1.17. The van der Waals surface area contributed by atoms with Crippen LogP contribution < -0.4 is 10.6 Å². The quantitative estimate of drug-likeness (QED) is 0.630. The summed E-state index contributed by atoms with van der Waals surface area (Å²) in [5, 5.41) is 9.12. The molecule has 1 aliphatic rings. The number of likely N-dealkylation sites (tertiary alicyclic amines) is 1. The number of guanidine groups is 1. The van der Waals surface area contributed by atoms with Gasteiger partial charge in [-0.2, -0.15) is 0 Å². The number of halogens is 1. The molecule has 1 fully saturated rings. The third-order valence-corrected chi connectivity index (χ3v) is 5.55. The number of rotatable bonds is 4. The van der Waals surface area contributed by atoms with E-state index in [2.05, 4.69) is 68.7 Å². The van der Waals surface area contributed by atoms with Crippen LogP contribution in [0.25, 0.3) is 0 Å². The van der Waals surface area contributed by atoms with Gasteiger partial charge in [0.25, 0.3) is 0 Å². The molecule has 0 amide bonds. The van der Waals surface area contributed by atoms with Gasteiger partial charge in [0.1, 0.15) is 0 Å². The van der Waals surface area contributed by atoms with E-state index < -0.39 is 0 Å². The van der Waals surface area contributed by atoms with Crippen LogP contribution in [0.2, 0.25) is 0 Å². The first-order chi connectivity index (χ1) is 9.99. The highest BCUT2D eigenvalue weighted by atomic mass is 79.9. The molecule has 6 heteroatoms. The van der Waals surface area contributed by atoms with E-state index in [0.717, 1.165) is 25.6 Å². The number of hydrogen-bond acceptors (Lipinski definition) is 3. The summed E-state index contributed by atoms with van der Waals surface area (Å²) >= 11 is 5.20. The van der Waals surface area contributed by atoms with Crippen LogP contribution in [0, 0.1) is 5.92 Å². The molecule has 2 unspecified atom stereocenters. The Kier molecular flexibility index (Phi) is 6.08. The molecule has 2 N–H and O–H groups in total. The summed E-state index contributed by atoms with van der Waals surface area (Å²) in [5.74, 6) is 1.53. The van der Waals surface area contributed by atoms with Gasteiger partial charge in [0.15, 0.2) is 5.96 Å². The fourth-order valence-corrected chi connectivity index (χ4v) is 3.82. The molecule has 0 aliphatic carbocycles. The van der Waals surface area contributed by atoms with Crippen LogP contribution in [-0.4, -0.2) is 43.1 Å². The Morgan fingerprint density at radius 3 is 2.81 bits per heavy atom. The predicted molar refractivity (Wildman–Crippen MR) is 95.0 cm³/mol. The maximum absolute atomic E-state index is 4.35. The van der Waals surface area contributed by atoms with E-state index in [1.165, 1.54) is 9.35 Å². The van der Waals surface area contributed by atoms with Gasteiger partial charge >= 0.3 is 0 Å². The molecule has 0 aromatic carbocycles. The summed E-state index contributed by atoms with van der Waals surface area (Å²) in [7, 11) is 1.83. The van der Waals surface area contributed by atoms with Gasteiger partial charge in [-0.05, 0) is 52.7 Å². The van der Waals surface area contributed by atoms with Crippen molar-refractivity contribution in [1.29, 1.82) is 0 Å². The van der Waals surface area contributed by atoms with Crippen molar-refractivity contribution >= 4 is 33.2 Å². The lowest BCUT2D eigenvalue weighted by Crippen LogP contribution is -2.46. The smallest absolute Gasteiger partial charge is 0.191 e. The number of nitrogens with zero attached hydrogens (tertiary/aromatic N) is 2. The molecule has 1 saturated heterocycles. The zero-order valence-electron chi connectivity index (χ0n) is 13.2. The first-order valence-electron chi connectivity index (χ1n) is 7.43. The normalized spacial score (nSPS) is 23.8. The van der Waals surface area contributed by atoms with E-state index in [9.17, 15) is 0 Å². The Balaban J connectivity index is 1.85. The lowest BCUT2D eigenvalue weighted by Gasteiger charge is -2.21. The van der Waals surface area contributed by atoms with Crippen molar-refractivity contribution < 1.29 is 0 Å². The van der Waals surface area contributed by atoms with Crippen molar-refractivity contribution in [2.24, 2.45) is 10.9 Å². The van der Waals surface area contributed by atoms with Gasteiger partial charge in [-0.1, -0.05) is 6.92 Å². The summed E-state index contributed by atoms with van der Waals surface area (Å²) in [4.78, 5) is 6.86. The van der Waals surface area contributed by atoms with E-state index in [1.807, 2.05) is 7.05 Å². The molecule has 1 aliphatic heterocycles. The van der Waals surface area contributed by atoms with Crippen LogP contribution in [0.1, 0.15) is 26.3 Å². The van der Waals surface area contributed by atoms with Crippen LogP contribution in [-0.2, 0) is 6.54 Å². The van der Waals surface area contributed by atoms with E-state index in [-0.39, 0.29) is 0 Å². The minimum atomic E-state index is 0.466. The highest BCUT2D eigenvalue weighted by Crippen LogP contribution is 2.21. The summed E-state index contributed by atoms with van der Waals surface area (Å²) in [6.45, 7) is 9.88. The zero-order valence-corrected chi connectivity index (χ0v) is 15.6. The lowest BCUT2D eigenvalue weighted by atomic mass is 10.1. The second-order valence-electron chi connectivity index (χ2n) is 5.96. The van der Waals surface area contributed by atoms with Gasteiger partial charge in [0, 0.05) is 38.8 Å². The van der Waals surface area contributed by atoms with Crippen LogP contribution in [0.15, 0.2) is 20.2 Å². The summed E-state index contributed by atoms with van der Waals surface area (Å²) in [5.41, 5.74) is 1.28. The standard InChI is InChI=1S/C15H25BrN4S/c1-10(2)20-7-11(3)13(8-20)19-15(17-4)18-6-12-5-14(16)21-9-12/h5,9-11,13H,6-8H2,1-4H3,(H2,17,18,19). The molecular formula is C15H25BrN4S. The fraction of sp³-hybridized carbons (Fsp3) is 0.667. The lowest BCUT2D eigenvalue weighted by molar-refractivity contribution is 0.265. The molecule has 0 saturated carbocycles. The first-order valence-corrected chi connectivity index (χ1v) is 9.11. The van der Waals surface area contributed by atoms with Crippen molar-refractivity contribution in [2.45, 2.75) is 39.4 Å². The molecule has 2 atom stereocenters. The Morgan fingerprint density at radius 1 is 1.52 bits per heavy atom. The van der Waals surface area contributed by atoms with E-state index in [4.69, 9.17) is 0 Å². The van der Waals surface area contributed by atoms with Gasteiger partial charge < -0.3 is 10.6 Å². The number of hydrogen-bond donors (Lipinski definition) is 2. The summed E-state index contributed by atoms with van der Waals surface area (Å²) in [6.07, 6.45) is 0. The SMILES string of the molecule is CN=C(NCc1csc(Br)c1)NC1CN(C(C)C)CC1C.